The number of benzene rings is 3. The third kappa shape index (κ3) is 5.66. The molecule has 9 heteroatoms. The Morgan fingerprint density at radius 3 is 2.59 bits per heavy atom. The van der Waals surface area contributed by atoms with Crippen LogP contribution in [0.15, 0.2) is 82.4 Å². The summed E-state index contributed by atoms with van der Waals surface area (Å²) in [5.41, 5.74) is 2.53. The first-order chi connectivity index (χ1) is 16.4. The summed E-state index contributed by atoms with van der Waals surface area (Å²) >= 11 is 4.69. The van der Waals surface area contributed by atoms with Crippen molar-refractivity contribution in [1.29, 1.82) is 0 Å². The SMILES string of the molecule is Cc1cc(Br)ccc1NC(=O)CSc1nnc(C(C)Oc2ccccc2F)n1-c1ccccc1. The van der Waals surface area contributed by atoms with E-state index in [9.17, 15) is 9.18 Å². The van der Waals surface area contributed by atoms with Gasteiger partial charge < -0.3 is 10.1 Å². The normalized spacial score (nSPS) is 11.8. The molecule has 4 aromatic rings. The highest BCUT2D eigenvalue weighted by molar-refractivity contribution is 9.10. The Hall–Kier alpha value is -3.17. The van der Waals surface area contributed by atoms with Crippen molar-refractivity contribution < 1.29 is 13.9 Å². The average molecular weight is 541 g/mol. The topological polar surface area (TPSA) is 69.0 Å². The molecule has 1 amide bonds. The van der Waals surface area contributed by atoms with Crippen LogP contribution in [0.4, 0.5) is 10.1 Å². The molecule has 6 nitrogen and oxygen atoms in total. The molecule has 0 aliphatic rings. The van der Waals surface area contributed by atoms with Gasteiger partial charge in [-0.15, -0.1) is 10.2 Å². The third-order valence-electron chi connectivity index (χ3n) is 4.97. The molecule has 0 spiro atoms. The van der Waals surface area contributed by atoms with Gasteiger partial charge >= 0.3 is 0 Å². The molecule has 1 aromatic heterocycles. The number of carbonyl (C=O) groups excluding carboxylic acids is 1. The van der Waals surface area contributed by atoms with Gasteiger partial charge in [0.2, 0.25) is 5.91 Å². The molecule has 1 heterocycles. The number of thioether (sulfide) groups is 1. The number of para-hydroxylation sites is 2. The van der Waals surface area contributed by atoms with Gasteiger partial charge in [-0.05, 0) is 61.9 Å². The number of aromatic nitrogens is 3. The van der Waals surface area contributed by atoms with Crippen LogP contribution in [-0.4, -0.2) is 26.4 Å². The second-order valence-corrected chi connectivity index (χ2v) is 9.36. The number of nitrogens with zero attached hydrogens (tertiary/aromatic N) is 3. The Morgan fingerprint density at radius 2 is 1.85 bits per heavy atom. The maximum absolute atomic E-state index is 14.1. The molecule has 0 aliphatic heterocycles. The minimum atomic E-state index is -0.585. The molecule has 174 valence electrons. The zero-order valence-corrected chi connectivity index (χ0v) is 20.9. The third-order valence-corrected chi connectivity index (χ3v) is 6.39. The fourth-order valence-corrected chi connectivity index (χ4v) is 4.56. The summed E-state index contributed by atoms with van der Waals surface area (Å²) in [6, 6.07) is 21.4. The molecule has 0 saturated carbocycles. The Morgan fingerprint density at radius 1 is 1.12 bits per heavy atom. The lowest BCUT2D eigenvalue weighted by molar-refractivity contribution is -0.113. The summed E-state index contributed by atoms with van der Waals surface area (Å²) in [6.07, 6.45) is -0.585. The molecule has 4 rings (SSSR count). The molecule has 34 heavy (non-hydrogen) atoms. The fourth-order valence-electron chi connectivity index (χ4n) is 3.32. The van der Waals surface area contributed by atoms with E-state index < -0.39 is 11.9 Å². The van der Waals surface area contributed by atoms with Crippen molar-refractivity contribution >= 4 is 39.3 Å². The first kappa shape index (κ1) is 24.0. The highest BCUT2D eigenvalue weighted by Crippen LogP contribution is 2.29. The van der Waals surface area contributed by atoms with E-state index in [1.54, 1.807) is 25.1 Å². The first-order valence-electron chi connectivity index (χ1n) is 10.5. The average Bonchev–Trinajstić information content (AvgIpc) is 3.26. The van der Waals surface area contributed by atoms with Gasteiger partial charge in [0.25, 0.3) is 0 Å². The predicted molar refractivity (Wildman–Crippen MR) is 135 cm³/mol. The van der Waals surface area contributed by atoms with Gasteiger partial charge in [0.15, 0.2) is 28.7 Å². The van der Waals surface area contributed by atoms with E-state index in [1.165, 1.54) is 17.8 Å². The van der Waals surface area contributed by atoms with Gasteiger partial charge in [0.05, 0.1) is 5.75 Å². The van der Waals surface area contributed by atoms with E-state index in [1.807, 2.05) is 60.0 Å². The Balaban J connectivity index is 1.55. The van der Waals surface area contributed by atoms with Crippen molar-refractivity contribution in [3.8, 4) is 11.4 Å². The summed E-state index contributed by atoms with van der Waals surface area (Å²) in [6.45, 7) is 3.72. The van der Waals surface area contributed by atoms with Crippen LogP contribution in [0.1, 0.15) is 24.4 Å². The van der Waals surface area contributed by atoms with E-state index in [4.69, 9.17) is 4.74 Å². The van der Waals surface area contributed by atoms with Gasteiger partial charge in [-0.3, -0.25) is 9.36 Å². The summed E-state index contributed by atoms with van der Waals surface area (Å²) in [5, 5.41) is 12.1. The van der Waals surface area contributed by atoms with E-state index in [-0.39, 0.29) is 17.4 Å². The van der Waals surface area contributed by atoms with E-state index >= 15 is 0 Å². The second kappa shape index (κ2) is 10.8. The number of hydrogen-bond acceptors (Lipinski definition) is 5. The van der Waals surface area contributed by atoms with Crippen LogP contribution in [0.3, 0.4) is 0 Å². The highest BCUT2D eigenvalue weighted by Gasteiger charge is 2.22. The fraction of sp³-hybridized carbons (Fsp3) is 0.160. The minimum absolute atomic E-state index is 0.135. The van der Waals surface area contributed by atoms with Crippen LogP contribution in [0.5, 0.6) is 5.75 Å². The minimum Gasteiger partial charge on any atom is -0.480 e. The molecule has 0 bridgehead atoms. The van der Waals surface area contributed by atoms with Crippen LogP contribution in [0.2, 0.25) is 0 Å². The lowest BCUT2D eigenvalue weighted by atomic mass is 10.2. The van der Waals surface area contributed by atoms with Crippen LogP contribution < -0.4 is 10.1 Å². The number of carbonyl (C=O) groups is 1. The van der Waals surface area contributed by atoms with Crippen LogP contribution >= 0.6 is 27.7 Å². The largest absolute Gasteiger partial charge is 0.480 e. The van der Waals surface area contributed by atoms with Gasteiger partial charge in [-0.2, -0.15) is 0 Å². The number of halogens is 2. The van der Waals surface area contributed by atoms with E-state index in [2.05, 4.69) is 31.4 Å². The van der Waals surface area contributed by atoms with Crippen molar-refractivity contribution in [2.24, 2.45) is 0 Å². The Kier molecular flexibility index (Phi) is 7.64. The summed E-state index contributed by atoms with van der Waals surface area (Å²) < 4.78 is 22.7. The van der Waals surface area contributed by atoms with Crippen molar-refractivity contribution in [2.75, 3.05) is 11.1 Å². The lowest BCUT2D eigenvalue weighted by Gasteiger charge is -2.17. The van der Waals surface area contributed by atoms with Gasteiger partial charge in [0.1, 0.15) is 0 Å². The molecule has 1 unspecified atom stereocenters. The standard InChI is InChI=1S/C25H22BrFN4O2S/c1-16-14-18(26)12-13-21(16)28-23(32)15-34-25-30-29-24(31(25)19-8-4-3-5-9-19)17(2)33-22-11-7-6-10-20(22)27/h3-14,17H,15H2,1-2H3,(H,28,32). The van der Waals surface area contributed by atoms with Gasteiger partial charge in [-0.25, -0.2) is 4.39 Å². The highest BCUT2D eigenvalue weighted by atomic mass is 79.9. The number of aryl methyl sites for hydroxylation is 1. The van der Waals surface area contributed by atoms with Crippen molar-refractivity contribution in [2.45, 2.75) is 25.1 Å². The number of hydrogen-bond donors (Lipinski definition) is 1. The number of anilines is 1. The number of amides is 1. The Labute approximate surface area is 209 Å². The first-order valence-corrected chi connectivity index (χ1v) is 12.3. The second-order valence-electron chi connectivity index (χ2n) is 7.50. The molecular weight excluding hydrogens is 519 g/mol. The monoisotopic (exact) mass is 540 g/mol. The van der Waals surface area contributed by atoms with Crippen LogP contribution in [0.25, 0.3) is 5.69 Å². The zero-order valence-electron chi connectivity index (χ0n) is 18.5. The molecule has 0 fully saturated rings. The van der Waals surface area contributed by atoms with Crippen LogP contribution in [0, 0.1) is 12.7 Å². The number of nitrogens with one attached hydrogen (secondary N) is 1. The van der Waals surface area contributed by atoms with Gasteiger partial charge in [0, 0.05) is 15.8 Å². The summed E-state index contributed by atoms with van der Waals surface area (Å²) in [5.74, 6) is 0.172. The number of rotatable bonds is 8. The maximum atomic E-state index is 14.1. The summed E-state index contributed by atoms with van der Waals surface area (Å²) in [7, 11) is 0. The molecule has 1 atom stereocenters. The number of ether oxygens (including phenoxy) is 1. The summed E-state index contributed by atoms with van der Waals surface area (Å²) in [4.78, 5) is 12.6. The predicted octanol–water partition coefficient (Wildman–Crippen LogP) is 6.35. The maximum Gasteiger partial charge on any atom is 0.234 e. The molecule has 0 aliphatic carbocycles. The zero-order chi connectivity index (χ0) is 24.1. The quantitative estimate of drug-likeness (QED) is 0.264. The van der Waals surface area contributed by atoms with E-state index in [0.717, 1.165) is 21.4 Å². The molecular formula is C25H22BrFN4O2S. The molecule has 3 aromatic carbocycles. The van der Waals surface area contributed by atoms with Crippen molar-refractivity contribution in [1.82, 2.24) is 14.8 Å². The smallest absolute Gasteiger partial charge is 0.234 e. The molecule has 0 radical (unpaired) electrons. The van der Waals surface area contributed by atoms with E-state index in [0.29, 0.717) is 11.0 Å². The molecule has 0 saturated heterocycles. The van der Waals surface area contributed by atoms with Crippen molar-refractivity contribution in [3.05, 3.63) is 94.5 Å². The van der Waals surface area contributed by atoms with Gasteiger partial charge in [-0.1, -0.05) is 58.0 Å². The van der Waals surface area contributed by atoms with Crippen LogP contribution in [-0.2, 0) is 4.79 Å². The molecule has 1 N–H and O–H groups in total. The lowest BCUT2D eigenvalue weighted by Crippen LogP contribution is -2.16. The Bertz CT molecular complexity index is 1300. The van der Waals surface area contributed by atoms with Crippen molar-refractivity contribution in [3.63, 3.8) is 0 Å².